The second-order valence-electron chi connectivity index (χ2n) is 4.32. The van der Waals surface area contributed by atoms with Gasteiger partial charge >= 0.3 is 0 Å². The lowest BCUT2D eigenvalue weighted by atomic mass is 10.1. The van der Waals surface area contributed by atoms with E-state index >= 15 is 0 Å². The fourth-order valence-corrected chi connectivity index (χ4v) is 3.05. The topological polar surface area (TPSA) is 52.5 Å². The fourth-order valence-electron chi connectivity index (χ4n) is 2.17. The number of nitrogens with two attached hydrogens (primary N) is 1. The third kappa shape index (κ3) is 1.96. The van der Waals surface area contributed by atoms with Crippen LogP contribution in [-0.4, -0.2) is 16.0 Å². The fraction of sp³-hybridized carbons (Fsp3) is 0.214. The summed E-state index contributed by atoms with van der Waals surface area (Å²) in [7, 11) is 0. The highest BCUT2D eigenvalue weighted by atomic mass is 32.1. The largest absolute Gasteiger partial charge is 0.494 e. The van der Waals surface area contributed by atoms with Crippen LogP contribution in [0.15, 0.2) is 29.8 Å². The molecular weight excluding hydrogens is 258 g/mol. The van der Waals surface area contributed by atoms with Crippen LogP contribution in [0.4, 0.5) is 5.95 Å². The molecule has 19 heavy (non-hydrogen) atoms. The summed E-state index contributed by atoms with van der Waals surface area (Å²) >= 11 is 1.64. The molecule has 0 amide bonds. The van der Waals surface area contributed by atoms with E-state index in [2.05, 4.69) is 29.4 Å². The van der Waals surface area contributed by atoms with E-state index in [4.69, 9.17) is 10.5 Å². The number of benzene rings is 1. The quantitative estimate of drug-likeness (QED) is 0.796. The summed E-state index contributed by atoms with van der Waals surface area (Å²) in [5.41, 5.74) is 9.22. The maximum absolute atomic E-state index is 5.91. The van der Waals surface area contributed by atoms with E-state index in [1.807, 2.05) is 17.4 Å². The van der Waals surface area contributed by atoms with Crippen LogP contribution in [0.1, 0.15) is 12.5 Å². The summed E-state index contributed by atoms with van der Waals surface area (Å²) < 4.78 is 7.54. The van der Waals surface area contributed by atoms with Crippen molar-refractivity contribution in [1.29, 1.82) is 0 Å². The van der Waals surface area contributed by atoms with Crippen molar-refractivity contribution in [2.45, 2.75) is 13.8 Å². The Hall–Kier alpha value is -2.01. The third-order valence-electron chi connectivity index (χ3n) is 3.06. The minimum absolute atomic E-state index is 0.526. The number of anilines is 1. The molecule has 4 nitrogen and oxygen atoms in total. The summed E-state index contributed by atoms with van der Waals surface area (Å²) in [6.45, 7) is 4.72. The molecule has 0 saturated carbocycles. The molecule has 1 aromatic carbocycles. The van der Waals surface area contributed by atoms with Gasteiger partial charge in [0.15, 0.2) is 0 Å². The smallest absolute Gasteiger partial charge is 0.206 e. The standard InChI is InChI=1S/C14H15N3OS/c1-3-18-12-5-4-10(6-9(12)2)11-8-19-13-7-16-14(15)17(11)13/h4-8H,3H2,1-2H3,(H2,15,16). The number of aryl methyl sites for hydroxylation is 1. The van der Waals surface area contributed by atoms with E-state index in [0.29, 0.717) is 12.6 Å². The van der Waals surface area contributed by atoms with Gasteiger partial charge in [-0.25, -0.2) is 4.98 Å². The molecule has 0 bridgehead atoms. The second kappa shape index (κ2) is 4.59. The van der Waals surface area contributed by atoms with Gasteiger partial charge in [-0.2, -0.15) is 0 Å². The molecular formula is C14H15N3OS. The predicted octanol–water partition coefficient (Wildman–Crippen LogP) is 3.35. The Bertz CT molecular complexity index is 729. The first-order valence-electron chi connectivity index (χ1n) is 6.15. The molecule has 0 radical (unpaired) electrons. The number of hydrogen-bond donors (Lipinski definition) is 1. The highest BCUT2D eigenvalue weighted by molar-refractivity contribution is 7.16. The van der Waals surface area contributed by atoms with Crippen LogP contribution in [-0.2, 0) is 0 Å². The van der Waals surface area contributed by atoms with Gasteiger partial charge in [-0.1, -0.05) is 0 Å². The number of nitrogens with zero attached hydrogens (tertiary/aromatic N) is 2. The van der Waals surface area contributed by atoms with Crippen LogP contribution in [0.25, 0.3) is 16.1 Å². The Morgan fingerprint density at radius 3 is 3.00 bits per heavy atom. The molecule has 0 saturated heterocycles. The number of imidazole rings is 1. The Labute approximate surface area is 115 Å². The first-order valence-corrected chi connectivity index (χ1v) is 7.03. The molecule has 0 spiro atoms. The van der Waals surface area contributed by atoms with E-state index in [1.165, 1.54) is 0 Å². The number of hydrogen-bond acceptors (Lipinski definition) is 4. The maximum Gasteiger partial charge on any atom is 0.206 e. The second-order valence-corrected chi connectivity index (χ2v) is 5.21. The Morgan fingerprint density at radius 1 is 1.42 bits per heavy atom. The molecule has 0 unspecified atom stereocenters. The average Bonchev–Trinajstić information content (AvgIpc) is 2.96. The lowest BCUT2D eigenvalue weighted by Gasteiger charge is -2.09. The molecule has 2 N–H and O–H groups in total. The van der Waals surface area contributed by atoms with E-state index in [0.717, 1.165) is 27.4 Å². The molecule has 0 aliphatic heterocycles. The molecule has 2 heterocycles. The van der Waals surface area contributed by atoms with Crippen molar-refractivity contribution in [2.24, 2.45) is 0 Å². The Kier molecular flexibility index (Phi) is 2.91. The lowest BCUT2D eigenvalue weighted by Crippen LogP contribution is -1.96. The van der Waals surface area contributed by atoms with Gasteiger partial charge in [0.25, 0.3) is 0 Å². The molecule has 2 aromatic heterocycles. The van der Waals surface area contributed by atoms with Crippen LogP contribution in [0.5, 0.6) is 5.75 Å². The van der Waals surface area contributed by atoms with Gasteiger partial charge in [-0.15, -0.1) is 11.3 Å². The highest BCUT2D eigenvalue weighted by Gasteiger charge is 2.11. The number of thiazole rings is 1. The summed E-state index contributed by atoms with van der Waals surface area (Å²) in [5, 5.41) is 2.10. The van der Waals surface area contributed by atoms with E-state index in [1.54, 1.807) is 17.5 Å². The maximum atomic E-state index is 5.91. The van der Waals surface area contributed by atoms with Crippen molar-refractivity contribution in [3.8, 4) is 17.0 Å². The van der Waals surface area contributed by atoms with Crippen molar-refractivity contribution >= 4 is 22.1 Å². The minimum Gasteiger partial charge on any atom is -0.494 e. The zero-order valence-corrected chi connectivity index (χ0v) is 11.7. The van der Waals surface area contributed by atoms with Gasteiger partial charge in [-0.05, 0) is 43.2 Å². The summed E-state index contributed by atoms with van der Waals surface area (Å²) in [6, 6.07) is 6.18. The van der Waals surface area contributed by atoms with Crippen LogP contribution in [0, 0.1) is 6.92 Å². The van der Waals surface area contributed by atoms with Crippen molar-refractivity contribution < 1.29 is 4.74 Å². The van der Waals surface area contributed by atoms with Gasteiger partial charge in [0, 0.05) is 5.38 Å². The number of nitrogen functional groups attached to an aromatic ring is 1. The normalized spacial score (nSPS) is 11.1. The SMILES string of the molecule is CCOc1ccc(-c2csc3cnc(N)n23)cc1C. The van der Waals surface area contributed by atoms with Gasteiger partial charge < -0.3 is 10.5 Å². The molecule has 0 atom stereocenters. The lowest BCUT2D eigenvalue weighted by molar-refractivity contribution is 0.338. The van der Waals surface area contributed by atoms with Crippen molar-refractivity contribution in [3.05, 3.63) is 35.3 Å². The predicted molar refractivity (Wildman–Crippen MR) is 78.8 cm³/mol. The van der Waals surface area contributed by atoms with E-state index < -0.39 is 0 Å². The number of aromatic nitrogens is 2. The summed E-state index contributed by atoms with van der Waals surface area (Å²) in [5.74, 6) is 1.45. The zero-order valence-electron chi connectivity index (χ0n) is 10.9. The Balaban J connectivity index is 2.11. The summed E-state index contributed by atoms with van der Waals surface area (Å²) in [6.07, 6.45) is 1.80. The number of ether oxygens (including phenoxy) is 1. The third-order valence-corrected chi connectivity index (χ3v) is 3.93. The first-order chi connectivity index (χ1) is 9.20. The highest BCUT2D eigenvalue weighted by Crippen LogP contribution is 2.31. The van der Waals surface area contributed by atoms with Gasteiger partial charge in [-0.3, -0.25) is 4.40 Å². The zero-order chi connectivity index (χ0) is 13.4. The van der Waals surface area contributed by atoms with Crippen molar-refractivity contribution in [1.82, 2.24) is 9.38 Å². The van der Waals surface area contributed by atoms with Crippen LogP contribution < -0.4 is 10.5 Å². The minimum atomic E-state index is 0.526. The van der Waals surface area contributed by atoms with Gasteiger partial charge in [0.2, 0.25) is 5.95 Å². The molecule has 0 fully saturated rings. The van der Waals surface area contributed by atoms with Crippen LogP contribution in [0.3, 0.4) is 0 Å². The molecule has 3 rings (SSSR count). The monoisotopic (exact) mass is 273 g/mol. The van der Waals surface area contributed by atoms with Crippen molar-refractivity contribution in [2.75, 3.05) is 12.3 Å². The number of rotatable bonds is 3. The summed E-state index contributed by atoms with van der Waals surface area (Å²) in [4.78, 5) is 5.19. The van der Waals surface area contributed by atoms with Gasteiger partial charge in [0.1, 0.15) is 10.6 Å². The van der Waals surface area contributed by atoms with E-state index in [-0.39, 0.29) is 0 Å². The van der Waals surface area contributed by atoms with Crippen molar-refractivity contribution in [3.63, 3.8) is 0 Å². The molecule has 0 aliphatic carbocycles. The first kappa shape index (κ1) is 12.0. The average molecular weight is 273 g/mol. The van der Waals surface area contributed by atoms with Crippen LogP contribution >= 0.6 is 11.3 Å². The van der Waals surface area contributed by atoms with Gasteiger partial charge in [0.05, 0.1) is 18.5 Å². The number of fused-ring (bicyclic) bond motifs is 1. The molecule has 0 aliphatic rings. The van der Waals surface area contributed by atoms with E-state index in [9.17, 15) is 0 Å². The van der Waals surface area contributed by atoms with Crippen LogP contribution in [0.2, 0.25) is 0 Å². The Morgan fingerprint density at radius 2 is 2.26 bits per heavy atom. The molecule has 5 heteroatoms. The molecule has 3 aromatic rings. The molecule has 98 valence electrons.